The number of aromatic carboxylic acids is 1. The van der Waals surface area contributed by atoms with Crippen molar-refractivity contribution in [2.45, 2.75) is 59.5 Å². The van der Waals surface area contributed by atoms with Crippen molar-refractivity contribution < 1.29 is 14.7 Å². The van der Waals surface area contributed by atoms with Gasteiger partial charge in [-0.2, -0.15) is 5.10 Å². The molecule has 4 aliphatic rings. The summed E-state index contributed by atoms with van der Waals surface area (Å²) in [7, 11) is 0. The lowest BCUT2D eigenvalue weighted by molar-refractivity contribution is -0.109. The second kappa shape index (κ2) is 11.3. The zero-order valence-electron chi connectivity index (χ0n) is 26.9. The average Bonchev–Trinajstić information content (AvgIpc) is 3.65. The zero-order chi connectivity index (χ0) is 32.4. The van der Waals surface area contributed by atoms with Gasteiger partial charge in [-0.05, 0) is 97.2 Å². The molecule has 4 heterocycles. The van der Waals surface area contributed by atoms with Crippen LogP contribution in [0.3, 0.4) is 0 Å². The Bertz CT molecular complexity index is 2010. The summed E-state index contributed by atoms with van der Waals surface area (Å²) in [5.41, 5.74) is 6.23. The molecule has 3 saturated carbocycles. The Labute approximate surface area is 277 Å². The Morgan fingerprint density at radius 1 is 1.04 bits per heavy atom. The fourth-order valence-electron chi connectivity index (χ4n) is 8.38. The summed E-state index contributed by atoms with van der Waals surface area (Å²) in [5, 5.41) is 18.6. The zero-order valence-corrected chi connectivity index (χ0v) is 27.7. The summed E-state index contributed by atoms with van der Waals surface area (Å²) in [4.78, 5) is 37.4. The van der Waals surface area contributed by atoms with Gasteiger partial charge in [0.2, 0.25) is 0 Å². The molecule has 0 spiro atoms. The molecule has 0 unspecified atom stereocenters. The predicted octanol–water partition coefficient (Wildman–Crippen LogP) is 7.45. The molecule has 2 N–H and O–H groups in total. The molecule has 0 saturated heterocycles. The lowest BCUT2D eigenvalue weighted by atomic mass is 9.45. The van der Waals surface area contributed by atoms with Crippen molar-refractivity contribution in [1.29, 1.82) is 0 Å². The number of hydrogen-bond acceptors (Lipinski definition) is 7. The highest BCUT2D eigenvalue weighted by Crippen LogP contribution is 2.61. The smallest absolute Gasteiger partial charge is 0.355 e. The molecule has 2 aromatic carbocycles. The largest absolute Gasteiger partial charge is 0.476 e. The minimum Gasteiger partial charge on any atom is -0.476 e. The Kier molecular flexibility index (Phi) is 7.16. The quantitative estimate of drug-likeness (QED) is 0.189. The molecule has 3 aliphatic carbocycles. The number of carbonyl (C=O) groups is 2. The number of aromatic nitrogens is 4. The van der Waals surface area contributed by atoms with Crippen LogP contribution in [-0.2, 0) is 19.5 Å². The molecule has 3 aromatic heterocycles. The first-order valence-electron chi connectivity index (χ1n) is 16.5. The summed E-state index contributed by atoms with van der Waals surface area (Å²) in [5.74, 6) is 1.46. The van der Waals surface area contributed by atoms with Gasteiger partial charge >= 0.3 is 5.97 Å². The Balaban J connectivity index is 1.04. The number of para-hydroxylation sites is 1. The van der Waals surface area contributed by atoms with Crippen LogP contribution in [0.1, 0.15) is 70.8 Å². The predicted molar refractivity (Wildman–Crippen MR) is 184 cm³/mol. The second-order valence-electron chi connectivity index (χ2n) is 14.0. The van der Waals surface area contributed by atoms with Crippen molar-refractivity contribution in [2.75, 3.05) is 16.8 Å². The maximum Gasteiger partial charge on any atom is 0.355 e. The molecule has 10 heteroatoms. The third-order valence-electron chi connectivity index (χ3n) is 11.2. The van der Waals surface area contributed by atoms with Crippen LogP contribution >= 0.6 is 11.3 Å². The van der Waals surface area contributed by atoms with Crippen LogP contribution in [0, 0.1) is 30.1 Å². The Morgan fingerprint density at radius 2 is 1.89 bits per heavy atom. The number of carboxylic acids is 1. The second-order valence-corrected chi connectivity index (χ2v) is 15.0. The van der Waals surface area contributed by atoms with Crippen LogP contribution < -0.4 is 10.2 Å². The van der Waals surface area contributed by atoms with Gasteiger partial charge in [0.1, 0.15) is 5.82 Å². The summed E-state index contributed by atoms with van der Waals surface area (Å²) in [6, 6.07) is 17.4. The van der Waals surface area contributed by atoms with Gasteiger partial charge in [-0.15, -0.1) is 0 Å². The molecule has 9 nitrogen and oxygen atoms in total. The van der Waals surface area contributed by atoms with E-state index < -0.39 is 5.97 Å². The standard InChI is InChI=1S/C37H38N6O3S/c1-21-27(18-38-43(21)19-23-11-12-24-17-29(23)37(24,2)3)25-13-14-32(40-33(25)35(45)46)42-16-15-22-7-6-8-26(28(22)20-42)34(44)41-36-39-30-9-4-5-10-31(30)47-36/h4-10,13-14,18,23-24,29H,11-12,15-17,19-20H2,1-3H3,(H,45,46)(H,39,41,44)/t23-,24-,29+/m0/s1. The van der Waals surface area contributed by atoms with Crippen LogP contribution in [-0.4, -0.2) is 43.3 Å². The van der Waals surface area contributed by atoms with Gasteiger partial charge in [-0.3, -0.25) is 14.8 Å². The third-order valence-corrected chi connectivity index (χ3v) is 12.2. The fraction of sp³-hybridized carbons (Fsp3) is 0.378. The minimum absolute atomic E-state index is 0.0124. The van der Waals surface area contributed by atoms with Gasteiger partial charge in [0.25, 0.3) is 5.91 Å². The van der Waals surface area contributed by atoms with E-state index in [-0.39, 0.29) is 11.6 Å². The van der Waals surface area contributed by atoms with Crippen LogP contribution in [0.5, 0.6) is 0 Å². The molecule has 3 fully saturated rings. The lowest BCUT2D eigenvalue weighted by Crippen LogP contribution is -2.53. The van der Waals surface area contributed by atoms with Crippen molar-refractivity contribution in [2.24, 2.45) is 23.2 Å². The first-order valence-corrected chi connectivity index (χ1v) is 17.3. The van der Waals surface area contributed by atoms with Gasteiger partial charge in [0, 0.05) is 42.0 Å². The number of nitrogens with zero attached hydrogens (tertiary/aromatic N) is 5. The highest BCUT2D eigenvalue weighted by molar-refractivity contribution is 7.22. The van der Waals surface area contributed by atoms with E-state index in [0.717, 1.165) is 57.4 Å². The van der Waals surface area contributed by atoms with Crippen molar-refractivity contribution >= 4 is 44.4 Å². The van der Waals surface area contributed by atoms with Gasteiger partial charge in [0.05, 0.1) is 16.4 Å². The number of carbonyl (C=O) groups excluding carboxylic acids is 1. The normalized spacial score (nSPS) is 21.3. The van der Waals surface area contributed by atoms with Crippen molar-refractivity contribution in [3.8, 4) is 11.1 Å². The van der Waals surface area contributed by atoms with Crippen LogP contribution in [0.15, 0.2) is 60.8 Å². The maximum atomic E-state index is 13.5. The average molecular weight is 647 g/mol. The first kappa shape index (κ1) is 29.8. The van der Waals surface area contributed by atoms with Crippen LogP contribution in [0.2, 0.25) is 0 Å². The molecular formula is C37H38N6O3S. The number of benzene rings is 2. The molecule has 3 atom stereocenters. The molecule has 1 aliphatic heterocycles. The maximum absolute atomic E-state index is 13.5. The molecule has 5 aromatic rings. The number of fused-ring (bicyclic) bond motifs is 4. The molecule has 9 rings (SSSR count). The van der Waals surface area contributed by atoms with E-state index in [0.29, 0.717) is 46.5 Å². The SMILES string of the molecule is Cc1c(-c2ccc(N3CCc4cccc(C(=O)Nc5nc6ccccc6s5)c4C3)nc2C(=O)O)cnn1C[C@@H]1CC[C@H]2C[C@H]1C2(C)C. The number of thiazole rings is 1. The van der Waals surface area contributed by atoms with E-state index in [2.05, 4.69) is 39.8 Å². The molecule has 47 heavy (non-hydrogen) atoms. The van der Waals surface area contributed by atoms with Crippen molar-refractivity contribution in [1.82, 2.24) is 19.7 Å². The lowest BCUT2D eigenvalue weighted by Gasteiger charge is -2.60. The van der Waals surface area contributed by atoms with E-state index in [1.165, 1.54) is 30.6 Å². The Hall–Kier alpha value is -4.57. The molecule has 240 valence electrons. The topological polar surface area (TPSA) is 113 Å². The third kappa shape index (κ3) is 5.10. The summed E-state index contributed by atoms with van der Waals surface area (Å²) in [6.07, 6.45) is 6.34. The fourth-order valence-corrected chi connectivity index (χ4v) is 9.24. The minimum atomic E-state index is -1.07. The van der Waals surface area contributed by atoms with Gasteiger partial charge < -0.3 is 10.0 Å². The van der Waals surface area contributed by atoms with Crippen LogP contribution in [0.4, 0.5) is 10.9 Å². The number of nitrogens with one attached hydrogen (secondary N) is 1. The number of hydrogen-bond donors (Lipinski definition) is 2. The molecule has 1 amide bonds. The number of pyridine rings is 1. The van der Waals surface area contributed by atoms with Gasteiger partial charge in [0.15, 0.2) is 10.8 Å². The van der Waals surface area contributed by atoms with Gasteiger partial charge in [-0.1, -0.05) is 49.4 Å². The monoisotopic (exact) mass is 646 g/mol. The van der Waals surface area contributed by atoms with E-state index in [4.69, 9.17) is 10.1 Å². The summed E-state index contributed by atoms with van der Waals surface area (Å²) < 4.78 is 3.08. The van der Waals surface area contributed by atoms with E-state index in [1.54, 1.807) is 6.20 Å². The van der Waals surface area contributed by atoms with Crippen molar-refractivity contribution in [3.63, 3.8) is 0 Å². The molecule has 0 radical (unpaired) electrons. The van der Waals surface area contributed by atoms with Gasteiger partial charge in [-0.25, -0.2) is 14.8 Å². The number of carboxylic acid groups (broad SMARTS) is 1. The molecular weight excluding hydrogens is 609 g/mol. The van der Waals surface area contributed by atoms with E-state index in [1.807, 2.05) is 55.5 Å². The van der Waals surface area contributed by atoms with Crippen LogP contribution in [0.25, 0.3) is 21.3 Å². The number of anilines is 2. The summed E-state index contributed by atoms with van der Waals surface area (Å²) in [6.45, 7) is 8.82. The Morgan fingerprint density at radius 3 is 2.68 bits per heavy atom. The highest BCUT2D eigenvalue weighted by Gasteiger charge is 2.54. The van der Waals surface area contributed by atoms with Crippen molar-refractivity contribution in [3.05, 3.63) is 88.9 Å². The first-order chi connectivity index (χ1) is 22.7. The number of amides is 1. The molecule has 2 bridgehead atoms. The highest BCUT2D eigenvalue weighted by atomic mass is 32.1. The summed E-state index contributed by atoms with van der Waals surface area (Å²) >= 11 is 1.45. The van der Waals surface area contributed by atoms with E-state index >= 15 is 0 Å². The number of rotatable bonds is 7. The van der Waals surface area contributed by atoms with E-state index in [9.17, 15) is 14.7 Å².